The van der Waals surface area contributed by atoms with Crippen LogP contribution < -0.4 is 5.32 Å². The van der Waals surface area contributed by atoms with E-state index in [0.717, 1.165) is 7.11 Å². The van der Waals surface area contributed by atoms with Crippen molar-refractivity contribution in [3.8, 4) is 0 Å². The Morgan fingerprint density at radius 1 is 1.25 bits per heavy atom. The maximum absolute atomic E-state index is 11.9. The minimum atomic E-state index is -1.70. The first kappa shape index (κ1) is 19.4. The van der Waals surface area contributed by atoms with Gasteiger partial charge in [-0.05, 0) is 26.3 Å². The number of non-ortho nitro benzene ring substituents is 1. The van der Waals surface area contributed by atoms with Crippen LogP contribution >= 0.6 is 0 Å². The van der Waals surface area contributed by atoms with Gasteiger partial charge in [-0.3, -0.25) is 10.1 Å². The third-order valence-corrected chi connectivity index (χ3v) is 2.89. The Hall–Kier alpha value is -2.68. The van der Waals surface area contributed by atoms with Gasteiger partial charge in [0, 0.05) is 12.1 Å². The Morgan fingerprint density at radius 3 is 2.21 bits per heavy atom. The zero-order chi connectivity index (χ0) is 18.5. The van der Waals surface area contributed by atoms with E-state index in [9.17, 15) is 24.8 Å². The lowest BCUT2D eigenvalue weighted by Gasteiger charge is -2.25. The van der Waals surface area contributed by atoms with Gasteiger partial charge in [-0.2, -0.15) is 0 Å². The van der Waals surface area contributed by atoms with Crippen molar-refractivity contribution < 1.29 is 29.1 Å². The Kier molecular flexibility index (Phi) is 6.24. The van der Waals surface area contributed by atoms with Crippen molar-refractivity contribution in [2.75, 3.05) is 7.11 Å². The van der Waals surface area contributed by atoms with Crippen LogP contribution in [-0.2, 0) is 14.3 Å². The molecule has 24 heavy (non-hydrogen) atoms. The summed E-state index contributed by atoms with van der Waals surface area (Å²) in [4.78, 5) is 33.6. The van der Waals surface area contributed by atoms with Gasteiger partial charge in [0.1, 0.15) is 5.60 Å². The third-order valence-electron chi connectivity index (χ3n) is 2.89. The zero-order valence-electron chi connectivity index (χ0n) is 13.8. The normalized spacial score (nSPS) is 13.5. The lowest BCUT2D eigenvalue weighted by molar-refractivity contribution is -0.384. The number of benzene rings is 1. The predicted molar refractivity (Wildman–Crippen MR) is 83.2 cm³/mol. The molecule has 2 N–H and O–H groups in total. The second-order valence-corrected chi connectivity index (χ2v) is 5.94. The number of nitro benzene ring substituents is 1. The second kappa shape index (κ2) is 7.73. The molecule has 0 saturated carbocycles. The Balaban J connectivity index is 3.07. The number of methoxy groups -OCH3 is 1. The summed E-state index contributed by atoms with van der Waals surface area (Å²) in [6.07, 6.45) is -2.56. The highest BCUT2D eigenvalue weighted by Crippen LogP contribution is 2.22. The Morgan fingerprint density at radius 2 is 1.79 bits per heavy atom. The minimum absolute atomic E-state index is 0.165. The van der Waals surface area contributed by atoms with E-state index in [1.54, 1.807) is 20.8 Å². The molecule has 0 unspecified atom stereocenters. The summed E-state index contributed by atoms with van der Waals surface area (Å²) in [5.41, 5.74) is -0.660. The molecule has 0 aliphatic rings. The summed E-state index contributed by atoms with van der Waals surface area (Å²) in [7, 11) is 1.09. The van der Waals surface area contributed by atoms with Crippen molar-refractivity contribution in [1.29, 1.82) is 0 Å². The van der Waals surface area contributed by atoms with E-state index in [0.29, 0.717) is 0 Å². The third kappa shape index (κ3) is 5.51. The minimum Gasteiger partial charge on any atom is -0.467 e. The molecular formula is C15H20N2O7. The molecule has 2 atom stereocenters. The molecule has 1 amide bonds. The molecule has 0 fully saturated rings. The summed E-state index contributed by atoms with van der Waals surface area (Å²) in [5.74, 6) is -0.964. The maximum atomic E-state index is 11.9. The lowest BCUT2D eigenvalue weighted by Crippen LogP contribution is -2.43. The molecule has 0 aliphatic carbocycles. The summed E-state index contributed by atoms with van der Waals surface area (Å²) >= 11 is 0. The first-order valence-corrected chi connectivity index (χ1v) is 7.05. The van der Waals surface area contributed by atoms with Gasteiger partial charge < -0.3 is 19.9 Å². The average Bonchev–Trinajstić information content (AvgIpc) is 2.49. The number of esters is 1. The molecule has 9 heteroatoms. The number of nitrogens with one attached hydrogen (secondary N) is 1. The van der Waals surface area contributed by atoms with Gasteiger partial charge in [0.25, 0.3) is 5.69 Å². The van der Waals surface area contributed by atoms with Crippen LogP contribution in [0.2, 0.25) is 0 Å². The van der Waals surface area contributed by atoms with Crippen molar-refractivity contribution >= 4 is 17.7 Å². The van der Waals surface area contributed by atoms with Crippen molar-refractivity contribution in [1.82, 2.24) is 5.32 Å². The lowest BCUT2D eigenvalue weighted by atomic mass is 10.0. The van der Waals surface area contributed by atoms with E-state index >= 15 is 0 Å². The fraction of sp³-hybridized carbons (Fsp3) is 0.467. The standard InChI is InChI=1S/C15H20N2O7/c1-15(2,3)24-14(20)16-11(12(18)13(19)23-4)9-5-7-10(8-6-9)17(21)22/h5-8,11-12,18H,1-4H3,(H,16,20)/t11-,12-/m1/s1. The van der Waals surface area contributed by atoms with Crippen molar-refractivity contribution in [2.24, 2.45) is 0 Å². The van der Waals surface area contributed by atoms with E-state index in [1.165, 1.54) is 24.3 Å². The first-order chi connectivity index (χ1) is 11.0. The smallest absolute Gasteiger partial charge is 0.408 e. The highest BCUT2D eigenvalue weighted by Gasteiger charge is 2.31. The molecule has 0 aliphatic heterocycles. The fourth-order valence-electron chi connectivity index (χ4n) is 1.84. The van der Waals surface area contributed by atoms with Crippen LogP contribution in [0.1, 0.15) is 32.4 Å². The van der Waals surface area contributed by atoms with Gasteiger partial charge >= 0.3 is 12.1 Å². The van der Waals surface area contributed by atoms with Crippen molar-refractivity contribution in [3.05, 3.63) is 39.9 Å². The van der Waals surface area contributed by atoms with Gasteiger partial charge in [0.15, 0.2) is 6.10 Å². The SMILES string of the molecule is COC(=O)[C@H](O)[C@H](NC(=O)OC(C)(C)C)c1ccc([N+](=O)[O-])cc1. The number of hydrogen-bond acceptors (Lipinski definition) is 7. The number of aliphatic hydroxyl groups is 1. The van der Waals surface area contributed by atoms with E-state index in [1.807, 2.05) is 0 Å². The highest BCUT2D eigenvalue weighted by atomic mass is 16.6. The number of nitro groups is 1. The summed E-state index contributed by atoms with van der Waals surface area (Å²) < 4.78 is 9.56. The Labute approximate surface area is 138 Å². The number of hydrogen-bond donors (Lipinski definition) is 2. The number of carbonyl (C=O) groups is 2. The molecular weight excluding hydrogens is 320 g/mol. The van der Waals surface area contributed by atoms with E-state index < -0.39 is 34.7 Å². The monoisotopic (exact) mass is 340 g/mol. The Bertz CT molecular complexity index is 607. The number of alkyl carbamates (subject to hydrolysis) is 1. The summed E-state index contributed by atoms with van der Waals surface area (Å²) in [5, 5.41) is 23.1. The van der Waals surface area contributed by atoms with Crippen LogP contribution in [0, 0.1) is 10.1 Å². The number of nitrogens with zero attached hydrogens (tertiary/aromatic N) is 1. The van der Waals surface area contributed by atoms with Crippen LogP contribution in [0.25, 0.3) is 0 Å². The van der Waals surface area contributed by atoms with Gasteiger partial charge in [-0.1, -0.05) is 12.1 Å². The molecule has 0 bridgehead atoms. The molecule has 1 aromatic carbocycles. The molecule has 0 aromatic heterocycles. The summed E-state index contributed by atoms with van der Waals surface area (Å²) in [6.45, 7) is 4.97. The molecule has 9 nitrogen and oxygen atoms in total. The van der Waals surface area contributed by atoms with Crippen LogP contribution in [0.3, 0.4) is 0 Å². The molecule has 1 rings (SSSR count). The topological polar surface area (TPSA) is 128 Å². The zero-order valence-corrected chi connectivity index (χ0v) is 13.8. The first-order valence-electron chi connectivity index (χ1n) is 7.05. The highest BCUT2D eigenvalue weighted by molar-refractivity contribution is 5.77. The van der Waals surface area contributed by atoms with Crippen LogP contribution in [-0.4, -0.2) is 40.9 Å². The van der Waals surface area contributed by atoms with Crippen LogP contribution in [0.4, 0.5) is 10.5 Å². The van der Waals surface area contributed by atoms with Crippen LogP contribution in [0.15, 0.2) is 24.3 Å². The van der Waals surface area contributed by atoms with E-state index in [2.05, 4.69) is 10.1 Å². The molecule has 132 valence electrons. The molecule has 1 aromatic rings. The van der Waals surface area contributed by atoms with E-state index in [-0.39, 0.29) is 11.3 Å². The van der Waals surface area contributed by atoms with Gasteiger partial charge in [0.05, 0.1) is 18.1 Å². The maximum Gasteiger partial charge on any atom is 0.408 e. The predicted octanol–water partition coefficient (Wildman–Crippen LogP) is 1.69. The van der Waals surface area contributed by atoms with Crippen molar-refractivity contribution in [2.45, 2.75) is 38.5 Å². The molecule has 0 saturated heterocycles. The molecule has 0 spiro atoms. The number of ether oxygens (including phenoxy) is 2. The fourth-order valence-corrected chi connectivity index (χ4v) is 1.84. The second-order valence-electron chi connectivity index (χ2n) is 5.94. The van der Waals surface area contributed by atoms with Gasteiger partial charge in [-0.15, -0.1) is 0 Å². The molecule has 0 radical (unpaired) electrons. The molecule has 0 heterocycles. The number of carbonyl (C=O) groups excluding carboxylic acids is 2. The largest absolute Gasteiger partial charge is 0.467 e. The quantitative estimate of drug-likeness (QED) is 0.474. The van der Waals surface area contributed by atoms with Gasteiger partial charge in [-0.25, -0.2) is 9.59 Å². The number of amides is 1. The van der Waals surface area contributed by atoms with Gasteiger partial charge in [0.2, 0.25) is 0 Å². The van der Waals surface area contributed by atoms with E-state index in [4.69, 9.17) is 4.74 Å². The average molecular weight is 340 g/mol. The van der Waals surface area contributed by atoms with Crippen molar-refractivity contribution in [3.63, 3.8) is 0 Å². The number of aliphatic hydroxyl groups excluding tert-OH is 1. The number of rotatable bonds is 5. The summed E-state index contributed by atoms with van der Waals surface area (Å²) in [6, 6.07) is 3.86. The van der Waals surface area contributed by atoms with Crippen LogP contribution in [0.5, 0.6) is 0 Å².